The van der Waals surface area contributed by atoms with Crippen molar-refractivity contribution in [3.05, 3.63) is 18.1 Å². The van der Waals surface area contributed by atoms with Crippen molar-refractivity contribution in [2.24, 2.45) is 5.92 Å². The Morgan fingerprint density at radius 2 is 2.17 bits per heavy atom. The predicted molar refractivity (Wildman–Crippen MR) is 76.1 cm³/mol. The number of nitrogens with zero attached hydrogens (tertiary/aromatic N) is 2. The van der Waals surface area contributed by atoms with E-state index in [9.17, 15) is 0 Å². The van der Waals surface area contributed by atoms with E-state index in [2.05, 4.69) is 28.3 Å². The summed E-state index contributed by atoms with van der Waals surface area (Å²) in [7, 11) is 0. The minimum Gasteiger partial charge on any atom is -0.367 e. The summed E-state index contributed by atoms with van der Waals surface area (Å²) in [6.07, 6.45) is 8.81. The van der Waals surface area contributed by atoms with Crippen molar-refractivity contribution < 1.29 is 0 Å². The van der Waals surface area contributed by atoms with Gasteiger partial charge in [0.15, 0.2) is 0 Å². The molecule has 1 aliphatic rings. The lowest BCUT2D eigenvalue weighted by Crippen LogP contribution is -2.33. The number of alkyl halides is 1. The second-order valence-electron chi connectivity index (χ2n) is 5.09. The van der Waals surface area contributed by atoms with E-state index in [1.807, 2.05) is 0 Å². The van der Waals surface area contributed by atoms with Crippen molar-refractivity contribution in [3.63, 3.8) is 0 Å². The highest BCUT2D eigenvalue weighted by Crippen LogP contribution is 2.27. The van der Waals surface area contributed by atoms with Crippen molar-refractivity contribution in [2.45, 2.75) is 51.5 Å². The van der Waals surface area contributed by atoms with E-state index in [1.54, 1.807) is 6.33 Å². The maximum Gasteiger partial charge on any atom is 0.129 e. The van der Waals surface area contributed by atoms with E-state index in [0.29, 0.717) is 12.0 Å². The first-order valence-electron chi connectivity index (χ1n) is 6.97. The van der Waals surface area contributed by atoms with Gasteiger partial charge in [-0.05, 0) is 25.2 Å². The molecule has 0 aromatic carbocycles. The predicted octanol–water partition coefficient (Wildman–Crippen LogP) is 3.64. The van der Waals surface area contributed by atoms with Gasteiger partial charge in [-0.25, -0.2) is 9.97 Å². The minimum absolute atomic E-state index is 0.473. The van der Waals surface area contributed by atoms with Gasteiger partial charge in [0.2, 0.25) is 0 Å². The van der Waals surface area contributed by atoms with Crippen molar-refractivity contribution in [1.82, 2.24) is 9.97 Å². The second-order valence-corrected chi connectivity index (χ2v) is 5.40. The molecule has 0 saturated heterocycles. The third-order valence-electron chi connectivity index (χ3n) is 3.67. The van der Waals surface area contributed by atoms with Crippen molar-refractivity contribution >= 4 is 17.4 Å². The van der Waals surface area contributed by atoms with Crippen LogP contribution in [0.3, 0.4) is 0 Å². The van der Waals surface area contributed by atoms with Crippen LogP contribution in [0.1, 0.15) is 44.7 Å². The molecular weight excluding hydrogens is 246 g/mol. The van der Waals surface area contributed by atoms with Gasteiger partial charge in [-0.2, -0.15) is 0 Å². The zero-order valence-corrected chi connectivity index (χ0v) is 11.8. The third kappa shape index (κ3) is 3.58. The summed E-state index contributed by atoms with van der Waals surface area (Å²) in [5.74, 6) is 2.27. The molecule has 18 heavy (non-hydrogen) atoms. The molecule has 1 heterocycles. The van der Waals surface area contributed by atoms with Crippen LogP contribution < -0.4 is 5.32 Å². The standard InChI is InChI=1S/C14H22ClN3/c1-2-5-12-8-14(17-10-16-12)18-13-7-4-3-6-11(13)9-15/h8,10-11,13H,2-7,9H2,1H3,(H,16,17,18). The average molecular weight is 268 g/mol. The summed E-state index contributed by atoms with van der Waals surface area (Å²) in [5.41, 5.74) is 1.12. The first kappa shape index (κ1) is 13.6. The number of aromatic nitrogens is 2. The lowest BCUT2D eigenvalue weighted by molar-refractivity contribution is 0.352. The van der Waals surface area contributed by atoms with Crippen LogP contribution in [0.15, 0.2) is 12.4 Å². The molecule has 1 fully saturated rings. The first-order valence-corrected chi connectivity index (χ1v) is 7.50. The molecule has 3 nitrogen and oxygen atoms in total. The molecule has 2 unspecified atom stereocenters. The van der Waals surface area contributed by atoms with E-state index in [4.69, 9.17) is 11.6 Å². The molecule has 1 saturated carbocycles. The number of hydrogen-bond acceptors (Lipinski definition) is 3. The summed E-state index contributed by atoms with van der Waals surface area (Å²) in [6.45, 7) is 2.17. The molecule has 0 bridgehead atoms. The Morgan fingerprint density at radius 1 is 1.33 bits per heavy atom. The zero-order chi connectivity index (χ0) is 12.8. The van der Waals surface area contributed by atoms with Gasteiger partial charge < -0.3 is 5.32 Å². The van der Waals surface area contributed by atoms with Crippen LogP contribution >= 0.6 is 11.6 Å². The second kappa shape index (κ2) is 6.93. The fraction of sp³-hybridized carbons (Fsp3) is 0.714. The lowest BCUT2D eigenvalue weighted by atomic mass is 9.86. The third-order valence-corrected chi connectivity index (χ3v) is 4.07. The number of halogens is 1. The summed E-state index contributed by atoms with van der Waals surface area (Å²) in [4.78, 5) is 8.60. The number of rotatable bonds is 5. The van der Waals surface area contributed by atoms with E-state index >= 15 is 0 Å². The number of nitrogens with one attached hydrogen (secondary N) is 1. The number of hydrogen-bond donors (Lipinski definition) is 1. The Kier molecular flexibility index (Phi) is 5.24. The molecule has 100 valence electrons. The molecule has 2 rings (SSSR count). The summed E-state index contributed by atoms with van der Waals surface area (Å²) in [5, 5.41) is 3.55. The molecule has 1 aliphatic carbocycles. The van der Waals surface area contributed by atoms with Gasteiger partial charge in [-0.15, -0.1) is 11.6 Å². The van der Waals surface area contributed by atoms with Crippen LogP contribution in [-0.4, -0.2) is 21.9 Å². The van der Waals surface area contributed by atoms with Crippen LogP contribution in [-0.2, 0) is 6.42 Å². The van der Waals surface area contributed by atoms with Crippen LogP contribution in [0.4, 0.5) is 5.82 Å². The largest absolute Gasteiger partial charge is 0.367 e. The van der Waals surface area contributed by atoms with Crippen molar-refractivity contribution in [1.29, 1.82) is 0 Å². The quantitative estimate of drug-likeness (QED) is 0.828. The Labute approximate surface area is 114 Å². The van der Waals surface area contributed by atoms with Crippen LogP contribution in [0, 0.1) is 5.92 Å². The van der Waals surface area contributed by atoms with Crippen LogP contribution in [0.5, 0.6) is 0 Å². The van der Waals surface area contributed by atoms with E-state index in [0.717, 1.165) is 30.2 Å². The van der Waals surface area contributed by atoms with Gasteiger partial charge in [0.25, 0.3) is 0 Å². The molecule has 0 radical (unpaired) electrons. The van der Waals surface area contributed by atoms with E-state index in [1.165, 1.54) is 25.7 Å². The van der Waals surface area contributed by atoms with Crippen LogP contribution in [0.2, 0.25) is 0 Å². The highest BCUT2D eigenvalue weighted by atomic mass is 35.5. The highest BCUT2D eigenvalue weighted by Gasteiger charge is 2.24. The molecule has 4 heteroatoms. The van der Waals surface area contributed by atoms with E-state index < -0.39 is 0 Å². The van der Waals surface area contributed by atoms with Gasteiger partial charge in [-0.3, -0.25) is 0 Å². The molecule has 0 amide bonds. The van der Waals surface area contributed by atoms with Gasteiger partial charge in [-0.1, -0.05) is 26.2 Å². The Morgan fingerprint density at radius 3 is 2.94 bits per heavy atom. The SMILES string of the molecule is CCCc1cc(NC2CCCCC2CCl)ncn1. The Bertz CT molecular complexity index is 370. The number of anilines is 1. The van der Waals surface area contributed by atoms with Gasteiger partial charge in [0.05, 0.1) is 0 Å². The molecular formula is C14H22ClN3. The van der Waals surface area contributed by atoms with Crippen molar-refractivity contribution in [3.8, 4) is 0 Å². The maximum atomic E-state index is 6.05. The van der Waals surface area contributed by atoms with Crippen molar-refractivity contribution in [2.75, 3.05) is 11.2 Å². The summed E-state index contributed by atoms with van der Waals surface area (Å²) >= 11 is 6.05. The molecule has 1 aromatic heterocycles. The lowest BCUT2D eigenvalue weighted by Gasteiger charge is -2.31. The Hall–Kier alpha value is -0.830. The molecule has 0 spiro atoms. The normalized spacial score (nSPS) is 23.9. The topological polar surface area (TPSA) is 37.8 Å². The fourth-order valence-electron chi connectivity index (χ4n) is 2.64. The monoisotopic (exact) mass is 267 g/mol. The zero-order valence-electron chi connectivity index (χ0n) is 11.0. The van der Waals surface area contributed by atoms with Crippen LogP contribution in [0.25, 0.3) is 0 Å². The molecule has 1 N–H and O–H groups in total. The van der Waals surface area contributed by atoms with Gasteiger partial charge >= 0.3 is 0 Å². The summed E-state index contributed by atoms with van der Waals surface area (Å²) < 4.78 is 0. The highest BCUT2D eigenvalue weighted by molar-refractivity contribution is 6.18. The summed E-state index contributed by atoms with van der Waals surface area (Å²) in [6, 6.07) is 2.55. The maximum absolute atomic E-state index is 6.05. The number of aryl methyl sites for hydroxylation is 1. The van der Waals surface area contributed by atoms with Gasteiger partial charge in [0, 0.05) is 23.7 Å². The van der Waals surface area contributed by atoms with E-state index in [-0.39, 0.29) is 0 Å². The molecule has 2 atom stereocenters. The minimum atomic E-state index is 0.473. The first-order chi connectivity index (χ1) is 8.83. The average Bonchev–Trinajstić information content (AvgIpc) is 2.40. The molecule has 0 aliphatic heterocycles. The fourth-order valence-corrected chi connectivity index (χ4v) is 3.01. The van der Waals surface area contributed by atoms with Gasteiger partial charge in [0.1, 0.15) is 12.1 Å². The smallest absolute Gasteiger partial charge is 0.129 e. The Balaban J connectivity index is 2.00. The molecule has 1 aromatic rings.